The first-order chi connectivity index (χ1) is 21.4. The van der Waals surface area contributed by atoms with Gasteiger partial charge in [-0.15, -0.1) is 0 Å². The molecule has 0 N–H and O–H groups in total. The number of non-ortho nitro benzene ring substituents is 1. The number of halogens is 5. The number of anilines is 2. The van der Waals surface area contributed by atoms with Crippen molar-refractivity contribution < 1.29 is 53.4 Å². The number of rotatable bonds is 8. The Kier molecular flexibility index (Phi) is 8.80. The van der Waals surface area contributed by atoms with Gasteiger partial charge in [0.2, 0.25) is 0 Å². The van der Waals surface area contributed by atoms with Crippen molar-refractivity contribution in [1.82, 2.24) is 0 Å². The van der Waals surface area contributed by atoms with E-state index < -0.39 is 96.1 Å². The molecule has 2 amide bonds. The van der Waals surface area contributed by atoms with Crippen LogP contribution in [0.3, 0.4) is 0 Å². The van der Waals surface area contributed by atoms with E-state index in [0.717, 1.165) is 12.1 Å². The molecule has 0 aromatic heterocycles. The highest BCUT2D eigenvalue weighted by molar-refractivity contribution is 7.95. The summed E-state index contributed by atoms with van der Waals surface area (Å²) in [5, 5.41) is 23.1. The molecule has 0 heterocycles. The molecule has 0 saturated heterocycles. The van der Waals surface area contributed by atoms with Gasteiger partial charge >= 0.3 is 12.2 Å². The second-order valence-corrected chi connectivity index (χ2v) is 12.5. The molecule has 0 unspecified atom stereocenters. The summed E-state index contributed by atoms with van der Waals surface area (Å²) in [6.07, 6.45) is -5.19. The van der Waals surface area contributed by atoms with Gasteiger partial charge in [0, 0.05) is 18.2 Å². The van der Waals surface area contributed by atoms with Crippen molar-refractivity contribution in [1.29, 1.82) is 0 Å². The maximum absolute atomic E-state index is 14.3. The number of benzene rings is 4. The molecule has 20 heteroatoms. The van der Waals surface area contributed by atoms with Crippen molar-refractivity contribution in [3.05, 3.63) is 128 Å². The smallest absolute Gasteiger partial charge is 0.258 e. The number of nitrogens with zero attached hydrogens (tertiary/aromatic N) is 4. The number of hydrogen-bond acceptors (Lipinski definition) is 9. The summed E-state index contributed by atoms with van der Waals surface area (Å²) in [4.78, 5) is 33.2. The van der Waals surface area contributed by atoms with Crippen LogP contribution in [0.2, 0.25) is 0 Å². The summed E-state index contributed by atoms with van der Waals surface area (Å²) in [5.41, 5.74) is -6.02. The van der Waals surface area contributed by atoms with Crippen LogP contribution >= 0.6 is 0 Å². The van der Waals surface area contributed by atoms with Gasteiger partial charge in [0.1, 0.15) is 17.3 Å². The molecule has 240 valence electrons. The zero-order valence-electron chi connectivity index (χ0n) is 22.3. The number of sulfonamides is 2. The number of alkyl halides is 3. The Bertz CT molecular complexity index is 2060. The van der Waals surface area contributed by atoms with Crippen LogP contribution in [0.4, 0.5) is 49.5 Å². The molecule has 0 spiro atoms. The van der Waals surface area contributed by atoms with Gasteiger partial charge < -0.3 is 0 Å². The molecule has 0 aliphatic heterocycles. The highest BCUT2D eigenvalue weighted by Crippen LogP contribution is 2.40. The predicted molar refractivity (Wildman–Crippen MR) is 149 cm³/mol. The van der Waals surface area contributed by atoms with Crippen molar-refractivity contribution in [2.24, 2.45) is 0 Å². The first-order valence-corrected chi connectivity index (χ1v) is 15.0. The van der Waals surface area contributed by atoms with E-state index in [0.29, 0.717) is 60.7 Å². The topological polar surface area (TPSA) is 178 Å². The molecule has 0 fully saturated rings. The quantitative estimate of drug-likeness (QED) is 0.122. The Morgan fingerprint density at radius 3 is 1.52 bits per heavy atom. The summed E-state index contributed by atoms with van der Waals surface area (Å²) >= 11 is 0. The molecule has 4 rings (SSSR count). The fourth-order valence-corrected chi connectivity index (χ4v) is 6.74. The summed E-state index contributed by atoms with van der Waals surface area (Å²) in [5.74, 6) is -1.92. The third kappa shape index (κ3) is 6.47. The first-order valence-electron chi connectivity index (χ1n) is 12.1. The second-order valence-electron chi connectivity index (χ2n) is 8.96. The van der Waals surface area contributed by atoms with Crippen molar-refractivity contribution in [3.63, 3.8) is 0 Å². The van der Waals surface area contributed by atoms with E-state index in [2.05, 4.69) is 0 Å². The van der Waals surface area contributed by atoms with Crippen molar-refractivity contribution in [2.45, 2.75) is 16.0 Å². The number of urea groups is 1. The molecule has 0 aliphatic rings. The van der Waals surface area contributed by atoms with Crippen LogP contribution in [-0.2, 0) is 26.2 Å². The highest BCUT2D eigenvalue weighted by Gasteiger charge is 2.44. The number of nitro benzene ring substituents is 2. The standard InChI is InChI=1S/C26H15F5N4O9S2/c27-17-2-10-21(11-3-17)45(41,42)32(19-6-8-20(9-7-19)34(37)38)25(36)33(46(43,44)22-12-4-18(28)5-13-22)23-14-1-16(26(29,30)31)15-24(23)35(39)40/h1-15H. The van der Waals surface area contributed by atoms with Gasteiger partial charge in [0.05, 0.1) is 30.9 Å². The maximum Gasteiger partial charge on any atom is 0.416 e. The molecule has 4 aromatic carbocycles. The van der Waals surface area contributed by atoms with Gasteiger partial charge in [-0.2, -0.15) is 21.8 Å². The number of carbonyl (C=O) groups excluding carboxylic acids is 1. The molecule has 46 heavy (non-hydrogen) atoms. The lowest BCUT2D eigenvalue weighted by atomic mass is 10.1. The minimum atomic E-state index is -5.54. The van der Waals surface area contributed by atoms with E-state index in [-0.39, 0.29) is 22.5 Å². The molecule has 0 bridgehead atoms. The van der Waals surface area contributed by atoms with Gasteiger partial charge in [-0.25, -0.2) is 30.4 Å². The lowest BCUT2D eigenvalue weighted by molar-refractivity contribution is -0.384. The normalized spacial score (nSPS) is 11.9. The van der Waals surface area contributed by atoms with Crippen LogP contribution in [0.5, 0.6) is 0 Å². The van der Waals surface area contributed by atoms with Gasteiger partial charge in [0.15, 0.2) is 0 Å². The van der Waals surface area contributed by atoms with Gasteiger partial charge in [-0.3, -0.25) is 20.2 Å². The molecule has 0 saturated carbocycles. The molecular formula is C26H15F5N4O9S2. The van der Waals surface area contributed by atoms with Crippen molar-refractivity contribution in [2.75, 3.05) is 8.61 Å². The lowest BCUT2D eigenvalue weighted by Crippen LogP contribution is -2.49. The van der Waals surface area contributed by atoms with E-state index in [1.165, 1.54) is 0 Å². The Morgan fingerprint density at radius 2 is 1.11 bits per heavy atom. The van der Waals surface area contributed by atoms with Crippen LogP contribution in [0.15, 0.2) is 101 Å². The van der Waals surface area contributed by atoms with E-state index in [1.807, 2.05) is 0 Å². The molecule has 13 nitrogen and oxygen atoms in total. The fourth-order valence-electron chi connectivity index (χ4n) is 3.92. The monoisotopic (exact) mass is 686 g/mol. The van der Waals surface area contributed by atoms with Gasteiger partial charge in [0.25, 0.3) is 31.4 Å². The Morgan fingerprint density at radius 1 is 0.652 bits per heavy atom. The maximum atomic E-state index is 14.3. The van der Waals surface area contributed by atoms with Crippen molar-refractivity contribution >= 4 is 48.8 Å². The molecule has 0 atom stereocenters. The number of nitro groups is 2. The third-order valence-electron chi connectivity index (χ3n) is 6.06. The summed E-state index contributed by atoms with van der Waals surface area (Å²) in [7, 11) is -10.9. The summed E-state index contributed by atoms with van der Waals surface area (Å²) in [6, 6.07) is 5.98. The molecule has 0 radical (unpaired) electrons. The van der Waals surface area contributed by atoms with E-state index in [1.54, 1.807) is 0 Å². The second kappa shape index (κ2) is 12.1. The van der Waals surface area contributed by atoms with Crippen LogP contribution in [-0.4, -0.2) is 32.7 Å². The van der Waals surface area contributed by atoms with Gasteiger partial charge in [-0.05, 0) is 72.8 Å². The molecular weight excluding hydrogens is 671 g/mol. The Labute approximate surface area is 255 Å². The number of carbonyl (C=O) groups is 1. The molecule has 0 aliphatic carbocycles. The zero-order valence-corrected chi connectivity index (χ0v) is 24.0. The Hall–Kier alpha value is -5.50. The third-order valence-corrected chi connectivity index (χ3v) is 9.48. The number of amides is 2. The zero-order chi connectivity index (χ0) is 34.2. The van der Waals surface area contributed by atoms with Crippen molar-refractivity contribution in [3.8, 4) is 0 Å². The minimum absolute atomic E-state index is 0.0967. The lowest BCUT2D eigenvalue weighted by Gasteiger charge is -2.29. The predicted octanol–water partition coefficient (Wildman–Crippen LogP) is 6.01. The first kappa shape index (κ1) is 33.4. The van der Waals surface area contributed by atoms with Gasteiger partial charge in [-0.1, -0.05) is 0 Å². The van der Waals surface area contributed by atoms with Crippen LogP contribution in [0.25, 0.3) is 0 Å². The average molecular weight is 687 g/mol. The highest BCUT2D eigenvalue weighted by atomic mass is 32.2. The molecule has 4 aromatic rings. The van der Waals surface area contributed by atoms with E-state index in [9.17, 15) is 63.8 Å². The minimum Gasteiger partial charge on any atom is -0.258 e. The largest absolute Gasteiger partial charge is 0.416 e. The fraction of sp³-hybridized carbons (Fsp3) is 0.0385. The van der Waals surface area contributed by atoms with E-state index >= 15 is 0 Å². The average Bonchev–Trinajstić information content (AvgIpc) is 2.97. The van der Waals surface area contributed by atoms with E-state index in [4.69, 9.17) is 0 Å². The summed E-state index contributed by atoms with van der Waals surface area (Å²) < 4.78 is 122. The summed E-state index contributed by atoms with van der Waals surface area (Å²) in [6.45, 7) is 0. The van der Waals surface area contributed by atoms with Crippen LogP contribution in [0, 0.1) is 31.9 Å². The van der Waals surface area contributed by atoms with Crippen LogP contribution in [0.1, 0.15) is 5.56 Å². The SMILES string of the molecule is O=C(N(c1ccc([N+](=O)[O-])cc1)S(=O)(=O)c1ccc(F)cc1)N(c1ccc(C(F)(F)F)cc1[N+](=O)[O-])S(=O)(=O)c1ccc(F)cc1. The van der Waals surface area contributed by atoms with Crippen LogP contribution < -0.4 is 8.61 Å². The Balaban J connectivity index is 2.08. The number of hydrogen-bond donors (Lipinski definition) is 0.